The maximum Gasteiger partial charge on any atom is 0.158 e. The number of hydrogen-bond donors (Lipinski definition) is 0. The molecule has 0 aliphatic carbocycles. The van der Waals surface area contributed by atoms with Gasteiger partial charge in [-0.1, -0.05) is 37.7 Å². The van der Waals surface area contributed by atoms with Crippen molar-refractivity contribution in [2.24, 2.45) is 0 Å². The first-order valence-corrected chi connectivity index (χ1v) is 10.9. The third-order valence-electron chi connectivity index (χ3n) is 3.08. The maximum absolute atomic E-state index is 5.81. The lowest BCUT2D eigenvalue weighted by atomic mass is 10.1. The van der Waals surface area contributed by atoms with E-state index in [9.17, 15) is 0 Å². The summed E-state index contributed by atoms with van der Waals surface area (Å²) in [4.78, 5) is 0. The Morgan fingerprint density at radius 3 is 2.85 bits per heavy atom. The predicted octanol–water partition coefficient (Wildman–Crippen LogP) is 3.96. The van der Waals surface area contributed by atoms with Gasteiger partial charge in [0.25, 0.3) is 0 Å². The fourth-order valence-electron chi connectivity index (χ4n) is 2.03. The Balaban J connectivity index is 1.93. The van der Waals surface area contributed by atoms with Gasteiger partial charge in [-0.2, -0.15) is 0 Å². The average Bonchev–Trinajstić information content (AvgIpc) is 2.44. The van der Waals surface area contributed by atoms with Crippen LogP contribution in [0.2, 0.25) is 19.6 Å². The van der Waals surface area contributed by atoms with Gasteiger partial charge >= 0.3 is 0 Å². The van der Waals surface area contributed by atoms with E-state index < -0.39 is 8.07 Å². The van der Waals surface area contributed by atoms with Gasteiger partial charge in [-0.3, -0.25) is 0 Å². The molecule has 1 atom stereocenters. The molecule has 1 aromatic carbocycles. The molecule has 0 aromatic heterocycles. The molecule has 1 unspecified atom stereocenters. The summed E-state index contributed by atoms with van der Waals surface area (Å²) in [5.74, 6) is 3.29. The highest BCUT2D eigenvalue weighted by molar-refractivity contribution is 6.83. The van der Waals surface area contributed by atoms with Gasteiger partial charge in [-0.15, -0.1) is 5.54 Å². The van der Waals surface area contributed by atoms with Crippen LogP contribution in [0.4, 0.5) is 0 Å². The SMILES string of the molecule is C[Si](C)(C)C#Cc1cccc(COC2CCCCO2)c1. The first-order chi connectivity index (χ1) is 9.53. The second-order valence-corrected chi connectivity index (χ2v) is 11.1. The second-order valence-electron chi connectivity index (χ2n) is 6.31. The van der Waals surface area contributed by atoms with Gasteiger partial charge in [-0.25, -0.2) is 0 Å². The first kappa shape index (κ1) is 15.3. The van der Waals surface area contributed by atoms with Crippen molar-refractivity contribution in [3.8, 4) is 11.5 Å². The third-order valence-corrected chi connectivity index (χ3v) is 3.96. The molecule has 1 fully saturated rings. The quantitative estimate of drug-likeness (QED) is 0.619. The van der Waals surface area contributed by atoms with Gasteiger partial charge < -0.3 is 9.47 Å². The van der Waals surface area contributed by atoms with Crippen LogP contribution in [-0.2, 0) is 16.1 Å². The molecule has 0 spiro atoms. The second kappa shape index (κ2) is 7.08. The largest absolute Gasteiger partial charge is 0.353 e. The molecule has 1 saturated heterocycles. The zero-order valence-corrected chi connectivity index (χ0v) is 13.7. The summed E-state index contributed by atoms with van der Waals surface area (Å²) in [6.45, 7) is 8.20. The smallest absolute Gasteiger partial charge is 0.158 e. The van der Waals surface area contributed by atoms with Crippen LogP contribution < -0.4 is 0 Å². The molecular formula is C17H24O2Si. The molecule has 0 radical (unpaired) electrons. The number of ether oxygens (including phenoxy) is 2. The fraction of sp³-hybridized carbons (Fsp3) is 0.529. The van der Waals surface area contributed by atoms with Gasteiger partial charge in [0.15, 0.2) is 6.29 Å². The van der Waals surface area contributed by atoms with Crippen molar-refractivity contribution >= 4 is 8.07 Å². The molecule has 1 aliphatic heterocycles. The Kier molecular flexibility index (Phi) is 5.42. The molecule has 2 nitrogen and oxygen atoms in total. The van der Waals surface area contributed by atoms with Crippen molar-refractivity contribution < 1.29 is 9.47 Å². The summed E-state index contributed by atoms with van der Waals surface area (Å²) in [5, 5.41) is 0. The van der Waals surface area contributed by atoms with Crippen LogP contribution in [0.15, 0.2) is 24.3 Å². The Hall–Kier alpha value is -1.08. The standard InChI is InChI=1S/C17H24O2Si/c1-20(2,3)12-10-15-7-6-8-16(13-15)14-19-17-9-4-5-11-18-17/h6-8,13,17H,4-5,9,11,14H2,1-3H3. The lowest BCUT2D eigenvalue weighted by Crippen LogP contribution is -2.22. The molecule has 1 heterocycles. The van der Waals surface area contributed by atoms with Crippen molar-refractivity contribution in [3.63, 3.8) is 0 Å². The van der Waals surface area contributed by atoms with Crippen molar-refractivity contribution in [1.82, 2.24) is 0 Å². The Morgan fingerprint density at radius 2 is 2.15 bits per heavy atom. The molecule has 0 bridgehead atoms. The van der Waals surface area contributed by atoms with Gasteiger partial charge in [0.05, 0.1) is 6.61 Å². The highest BCUT2D eigenvalue weighted by Gasteiger charge is 2.13. The first-order valence-electron chi connectivity index (χ1n) is 7.38. The third kappa shape index (κ3) is 5.50. The van der Waals surface area contributed by atoms with Crippen LogP contribution in [0.5, 0.6) is 0 Å². The van der Waals surface area contributed by atoms with E-state index in [0.717, 1.165) is 25.0 Å². The van der Waals surface area contributed by atoms with Crippen molar-refractivity contribution in [2.45, 2.75) is 51.8 Å². The van der Waals surface area contributed by atoms with Crippen LogP contribution in [0.3, 0.4) is 0 Å². The van der Waals surface area contributed by atoms with Crippen molar-refractivity contribution in [1.29, 1.82) is 0 Å². The Bertz CT molecular complexity index is 488. The van der Waals surface area contributed by atoms with E-state index in [1.54, 1.807) is 0 Å². The number of benzene rings is 1. The summed E-state index contributed by atoms with van der Waals surface area (Å²) in [7, 11) is -1.32. The molecule has 0 N–H and O–H groups in total. The van der Waals surface area contributed by atoms with E-state index in [-0.39, 0.29) is 6.29 Å². The van der Waals surface area contributed by atoms with Crippen molar-refractivity contribution in [2.75, 3.05) is 6.61 Å². The van der Waals surface area contributed by atoms with Crippen LogP contribution in [0.25, 0.3) is 0 Å². The highest BCUT2D eigenvalue weighted by atomic mass is 28.3. The Labute approximate surface area is 123 Å². The summed E-state index contributed by atoms with van der Waals surface area (Å²) in [5.41, 5.74) is 5.64. The Morgan fingerprint density at radius 1 is 1.30 bits per heavy atom. The molecule has 2 rings (SSSR count). The summed E-state index contributed by atoms with van der Waals surface area (Å²) < 4.78 is 11.4. The predicted molar refractivity (Wildman–Crippen MR) is 85.0 cm³/mol. The number of rotatable bonds is 3. The minimum absolute atomic E-state index is 0.0273. The lowest BCUT2D eigenvalue weighted by molar-refractivity contribution is -0.168. The highest BCUT2D eigenvalue weighted by Crippen LogP contribution is 2.16. The molecule has 0 amide bonds. The van der Waals surface area contributed by atoms with Crippen LogP contribution >= 0.6 is 0 Å². The van der Waals surface area contributed by atoms with Gasteiger partial charge in [0.2, 0.25) is 0 Å². The van der Waals surface area contributed by atoms with Crippen LogP contribution in [0, 0.1) is 11.5 Å². The summed E-state index contributed by atoms with van der Waals surface area (Å²) in [6, 6.07) is 8.32. The van der Waals surface area contributed by atoms with E-state index in [0.29, 0.717) is 6.61 Å². The molecule has 0 saturated carbocycles. The van der Waals surface area contributed by atoms with E-state index in [2.05, 4.69) is 55.4 Å². The normalized spacial score (nSPS) is 19.2. The van der Waals surface area contributed by atoms with E-state index >= 15 is 0 Å². The fourth-order valence-corrected chi connectivity index (χ4v) is 2.55. The minimum Gasteiger partial charge on any atom is -0.353 e. The molecule has 1 aliphatic rings. The monoisotopic (exact) mass is 288 g/mol. The number of hydrogen-bond acceptors (Lipinski definition) is 2. The topological polar surface area (TPSA) is 18.5 Å². The zero-order chi connectivity index (χ0) is 14.4. The van der Waals surface area contributed by atoms with Gasteiger partial charge in [-0.05, 0) is 37.0 Å². The summed E-state index contributed by atoms with van der Waals surface area (Å²) in [6.07, 6.45) is 3.34. The van der Waals surface area contributed by atoms with E-state index in [1.807, 2.05) is 0 Å². The lowest BCUT2D eigenvalue weighted by Gasteiger charge is -2.22. The average molecular weight is 288 g/mol. The molecule has 1 aromatic rings. The van der Waals surface area contributed by atoms with Gasteiger partial charge in [0.1, 0.15) is 8.07 Å². The molecule has 20 heavy (non-hydrogen) atoms. The van der Waals surface area contributed by atoms with Crippen LogP contribution in [0.1, 0.15) is 30.4 Å². The molecular weight excluding hydrogens is 264 g/mol. The maximum atomic E-state index is 5.81. The minimum atomic E-state index is -1.32. The van der Waals surface area contributed by atoms with Crippen LogP contribution in [-0.4, -0.2) is 21.0 Å². The zero-order valence-electron chi connectivity index (χ0n) is 12.7. The molecule has 108 valence electrons. The van der Waals surface area contributed by atoms with E-state index in [4.69, 9.17) is 9.47 Å². The molecule has 3 heteroatoms. The summed E-state index contributed by atoms with van der Waals surface area (Å²) >= 11 is 0. The van der Waals surface area contributed by atoms with Crippen molar-refractivity contribution in [3.05, 3.63) is 35.4 Å². The van der Waals surface area contributed by atoms with E-state index in [1.165, 1.54) is 12.0 Å². The van der Waals surface area contributed by atoms with Gasteiger partial charge in [0, 0.05) is 12.2 Å².